The molecule has 0 aliphatic rings. The minimum Gasteiger partial charge on any atom is -0.635 e. The predicted molar refractivity (Wildman–Crippen MR) is 291 cm³/mol. The molecule has 0 aliphatic heterocycles. The molecule has 5 rings (SSSR count). The van der Waals surface area contributed by atoms with E-state index in [1.165, 1.54) is 36.5 Å². The summed E-state index contributed by atoms with van der Waals surface area (Å²) in [5.41, 5.74) is 16.6. The van der Waals surface area contributed by atoms with Gasteiger partial charge in [-0.1, -0.05) is 0 Å². The number of likely N-dealkylation sites (N-methyl/N-ethyl adjacent to an activating group) is 2. The number of phenolic OH excluding ortho intramolecular Hbond substituents is 1. The van der Waals surface area contributed by atoms with Crippen LogP contribution in [0.25, 0.3) is 0 Å². The maximum Gasteiger partial charge on any atom is 1.00 e. The standard InChI is InChI=1S/C13H22N4O3.C8H9FN2O3.C8H8FNO3.C8H10FNO.C6H4FNO3.C2H3N.CH4O.K.HNO3.H2O4S/c1-5-20-13-9-11(16(4)7-6-15(2)3)12(17(18)19)8-10(13)14;1-2-14-8-3-5(9)7(11(12)13)4-6(8)10;1-2-13-8-5-6(9)3-4-7(8)10(11)12;1-2-11-8-5-6(9)3-4-7(8)10;7-4-1-2-5(8(10)11)6(9)3-4;1-2-3;1-2;;2-1-4-3;1-5(2,3)4/h8-9H,5-7,14H2,1-4H3;3-4H,2,10H2,1H3;3-5H,2H2,1H3;3-5H,2,10H2,1H3;1-3,9H;1H3;2H,1H3;;3H;(H2,1,2,3,4)/q;;;;;;;+1;;/p-1. The van der Waals surface area contributed by atoms with Crippen LogP contribution in [0.15, 0.2) is 84.2 Å². The number of hydrogen-bond acceptors (Lipinski definition) is 26. The van der Waals surface area contributed by atoms with Crippen LogP contribution in [-0.2, 0) is 15.4 Å². The maximum atomic E-state index is 13.0. The number of nitro benzene ring substituents is 4. The summed E-state index contributed by atoms with van der Waals surface area (Å²) in [6.07, 6.45) is 0. The van der Waals surface area contributed by atoms with Gasteiger partial charge in [-0.05, 0) is 66.1 Å². The fraction of sp³-hybridized carbons (Fsp3) is 0.326. The number of nitriles is 1. The van der Waals surface area contributed by atoms with E-state index in [0.717, 1.165) is 56.1 Å². The summed E-state index contributed by atoms with van der Waals surface area (Å²) in [5.74, 6) is -2.21. The fourth-order valence-corrected chi connectivity index (χ4v) is 5.11. The third kappa shape index (κ3) is 38.6. The van der Waals surface area contributed by atoms with E-state index in [4.69, 9.17) is 79.3 Å². The summed E-state index contributed by atoms with van der Waals surface area (Å²) in [5, 5.41) is 74.8. The Morgan fingerprint density at radius 3 is 1.30 bits per heavy atom. The summed E-state index contributed by atoms with van der Waals surface area (Å²) >= 11 is 0. The molecule has 0 heterocycles. The Labute approximate surface area is 520 Å². The second-order valence-corrected chi connectivity index (χ2v) is 15.3. The number of nitrogens with two attached hydrogens (primary N) is 3. The zero-order chi connectivity index (χ0) is 65.2. The molecule has 10 N–H and O–H groups in total. The van der Waals surface area contributed by atoms with Crippen molar-refractivity contribution >= 4 is 55.9 Å². The Hall–Kier alpha value is -8.10. The molecule has 32 nitrogen and oxygen atoms in total. The van der Waals surface area contributed by atoms with Gasteiger partial charge in [-0.3, -0.25) is 49.6 Å². The number of benzene rings is 5. The van der Waals surface area contributed by atoms with Crippen molar-refractivity contribution in [2.75, 3.05) is 89.9 Å². The molecular weight excluding hydrogens is 1190 g/mol. The number of phenols is 1. The van der Waals surface area contributed by atoms with Crippen LogP contribution in [-0.4, -0.2) is 120 Å². The number of nitro groups is 4. The summed E-state index contributed by atoms with van der Waals surface area (Å²) < 4.78 is 102. The van der Waals surface area contributed by atoms with Gasteiger partial charge in [-0.15, -0.1) is 4.91 Å². The van der Waals surface area contributed by atoms with Gasteiger partial charge in [0.15, 0.2) is 11.5 Å². The molecule has 38 heteroatoms. The Balaban J connectivity index is -0.000000295. The van der Waals surface area contributed by atoms with E-state index < -0.39 is 64.7 Å². The van der Waals surface area contributed by atoms with Gasteiger partial charge in [0.2, 0.25) is 5.82 Å². The number of rotatable bonds is 17. The molecule has 0 aliphatic carbocycles. The van der Waals surface area contributed by atoms with Crippen LogP contribution in [0.1, 0.15) is 34.6 Å². The van der Waals surface area contributed by atoms with Crippen molar-refractivity contribution in [2.45, 2.75) is 34.6 Å². The topological polar surface area (TPSA) is 495 Å². The van der Waals surface area contributed by atoms with Crippen molar-refractivity contribution in [3.05, 3.63) is 147 Å². The Bertz CT molecular complexity index is 2950. The summed E-state index contributed by atoms with van der Waals surface area (Å²) in [4.78, 5) is 53.9. The first-order valence-electron chi connectivity index (χ1n) is 22.6. The molecule has 0 saturated heterocycles. The number of hydrogen-bond donors (Lipinski definition) is 7. The molecule has 462 valence electrons. The molecule has 5 aromatic rings. The molecule has 0 spiro atoms. The monoisotopic (exact) mass is 1250 g/mol. The Morgan fingerprint density at radius 1 is 0.595 bits per heavy atom. The summed E-state index contributed by atoms with van der Waals surface area (Å²) in [6.45, 7) is 11.5. The second kappa shape index (κ2) is 47.4. The van der Waals surface area contributed by atoms with Crippen LogP contribution >= 0.6 is 0 Å². The van der Waals surface area contributed by atoms with Crippen molar-refractivity contribution in [3.8, 4) is 34.8 Å². The normalized spacial score (nSPS) is 9.30. The molecule has 84 heavy (non-hydrogen) atoms. The van der Waals surface area contributed by atoms with E-state index in [9.17, 15) is 58.0 Å². The SMILES string of the molecule is CC#N.CCOc1cc(F)c([N+](=O)[O-])cc1N.CCOc1cc(F)ccc1N.CCOc1cc(F)ccc1[N+](=O)[O-].CCOc1cc(N(C)CCN(C)C)c([N+](=O)[O-])cc1N.CO.O=NO[O-].O=S(=O)(O)O.O=[N+]([O-])c1ccc(F)cc1O.[K+]. The largest absolute Gasteiger partial charge is 1.00 e. The quantitative estimate of drug-likeness (QED) is 0.0101. The summed E-state index contributed by atoms with van der Waals surface area (Å²) in [6, 6.07) is 16.3. The molecule has 5 aromatic carbocycles. The van der Waals surface area contributed by atoms with Gasteiger partial charge in [0.25, 0.3) is 5.69 Å². The first kappa shape index (κ1) is 84.7. The third-order valence-corrected chi connectivity index (χ3v) is 8.33. The van der Waals surface area contributed by atoms with E-state index in [1.807, 2.05) is 44.8 Å². The number of aromatic hydroxyl groups is 1. The number of aliphatic hydroxyl groups excluding tert-OH is 1. The predicted octanol–water partition coefficient (Wildman–Crippen LogP) is 4.12. The molecule has 0 atom stereocenters. The average molecular weight is 1250 g/mol. The molecule has 0 saturated carbocycles. The van der Waals surface area contributed by atoms with Gasteiger partial charge in [-0.2, -0.15) is 18.1 Å². The van der Waals surface area contributed by atoms with E-state index in [0.29, 0.717) is 55.3 Å². The third-order valence-electron chi connectivity index (χ3n) is 8.33. The van der Waals surface area contributed by atoms with Gasteiger partial charge in [0.1, 0.15) is 45.7 Å². The van der Waals surface area contributed by atoms with Crippen LogP contribution in [0.2, 0.25) is 0 Å². The molecule has 0 bridgehead atoms. The fourth-order valence-electron chi connectivity index (χ4n) is 5.11. The Kier molecular flexibility index (Phi) is 47.8. The number of anilines is 4. The van der Waals surface area contributed by atoms with E-state index in [1.54, 1.807) is 26.0 Å². The zero-order valence-corrected chi connectivity index (χ0v) is 50.6. The van der Waals surface area contributed by atoms with Gasteiger partial charge >= 0.3 is 78.8 Å². The number of nitrogen functional groups attached to an aromatic ring is 3. The molecule has 0 radical (unpaired) electrons. The molecule has 0 unspecified atom stereocenters. The van der Waals surface area contributed by atoms with E-state index in [-0.39, 0.29) is 98.1 Å². The van der Waals surface area contributed by atoms with Gasteiger partial charge in [0, 0.05) is 88.8 Å². The number of halogens is 4. The first-order valence-corrected chi connectivity index (χ1v) is 24.0. The van der Waals surface area contributed by atoms with Gasteiger partial charge in [-0.25, -0.2) is 13.2 Å². The smallest absolute Gasteiger partial charge is 0.635 e. The molecule has 0 aromatic heterocycles. The maximum absolute atomic E-state index is 13.0. The van der Waals surface area contributed by atoms with Crippen molar-refractivity contribution in [1.82, 2.24) is 4.90 Å². The Morgan fingerprint density at radius 2 is 0.929 bits per heavy atom. The van der Waals surface area contributed by atoms with Gasteiger partial charge in [0.05, 0.1) is 69.3 Å². The second-order valence-electron chi connectivity index (χ2n) is 14.5. The zero-order valence-electron chi connectivity index (χ0n) is 46.7. The van der Waals surface area contributed by atoms with E-state index >= 15 is 0 Å². The number of aliphatic hydroxyl groups is 1. The number of nitrogens with zero attached hydrogens (tertiary/aromatic N) is 8. The van der Waals surface area contributed by atoms with Crippen LogP contribution < -0.4 is 97.7 Å². The summed E-state index contributed by atoms with van der Waals surface area (Å²) in [7, 11) is 2.06. The van der Waals surface area contributed by atoms with Crippen molar-refractivity contribution in [2.24, 2.45) is 5.34 Å². The van der Waals surface area contributed by atoms with Crippen molar-refractivity contribution in [3.63, 3.8) is 0 Å². The van der Waals surface area contributed by atoms with Crippen LogP contribution in [0, 0.1) is 80.0 Å². The van der Waals surface area contributed by atoms with E-state index in [2.05, 4.69) is 4.99 Å². The average Bonchev–Trinajstić information content (AvgIpc) is 3.59. The molecule has 0 fully saturated rings. The molecule has 0 amide bonds. The van der Waals surface area contributed by atoms with Crippen LogP contribution in [0.5, 0.6) is 28.7 Å². The van der Waals surface area contributed by atoms with Gasteiger partial charge < -0.3 is 66.4 Å². The first-order chi connectivity index (χ1) is 38.7. The van der Waals surface area contributed by atoms with Crippen molar-refractivity contribution < 1.29 is 146 Å². The van der Waals surface area contributed by atoms with Crippen molar-refractivity contribution in [1.29, 1.82) is 5.26 Å². The minimum atomic E-state index is -4.67. The molecular formula is C46H62F4KN11O21S. The van der Waals surface area contributed by atoms with Crippen LogP contribution in [0.3, 0.4) is 0 Å². The minimum absolute atomic E-state index is 0. The van der Waals surface area contributed by atoms with Crippen LogP contribution in [0.4, 0.5) is 63.1 Å². The number of ether oxygens (including phenoxy) is 4.